The predicted molar refractivity (Wildman–Crippen MR) is 111 cm³/mol. The lowest BCUT2D eigenvalue weighted by Crippen LogP contribution is -2.28. The number of fused-ring (bicyclic) bond motifs is 1. The molecule has 8 heteroatoms. The Bertz CT molecular complexity index is 954. The van der Waals surface area contributed by atoms with Crippen LogP contribution in [0.4, 0.5) is 5.82 Å². The molecule has 1 saturated heterocycles. The van der Waals surface area contributed by atoms with E-state index >= 15 is 0 Å². The molecule has 1 N–H and O–H groups in total. The Labute approximate surface area is 167 Å². The molecule has 27 heavy (non-hydrogen) atoms. The second-order valence-corrected chi connectivity index (χ2v) is 7.50. The Kier molecular flexibility index (Phi) is 5.33. The van der Waals surface area contributed by atoms with Crippen molar-refractivity contribution in [3.05, 3.63) is 28.9 Å². The maximum atomic E-state index is 6.23. The fourth-order valence-electron chi connectivity index (χ4n) is 3.40. The number of hydrogen-bond donors (Lipinski definition) is 1. The first-order chi connectivity index (χ1) is 13.2. The molecular weight excluding hydrogens is 384 g/mol. The summed E-state index contributed by atoms with van der Waals surface area (Å²) in [7, 11) is 3.28. The van der Waals surface area contributed by atoms with Crippen LogP contribution in [-0.2, 0) is 0 Å². The number of nitrogens with one attached hydrogen (secondary N) is 1. The van der Waals surface area contributed by atoms with Crippen molar-refractivity contribution in [1.29, 1.82) is 0 Å². The van der Waals surface area contributed by atoms with E-state index in [1.54, 1.807) is 25.6 Å². The minimum atomic E-state index is 0.287. The van der Waals surface area contributed by atoms with Crippen LogP contribution in [0.2, 0.25) is 5.28 Å². The third-order valence-corrected chi connectivity index (χ3v) is 5.76. The summed E-state index contributed by atoms with van der Waals surface area (Å²) in [6.45, 7) is 3.78. The van der Waals surface area contributed by atoms with E-state index < -0.39 is 0 Å². The van der Waals surface area contributed by atoms with Crippen molar-refractivity contribution in [3.8, 4) is 22.6 Å². The van der Waals surface area contributed by atoms with Crippen LogP contribution in [0.5, 0.6) is 11.5 Å². The highest BCUT2D eigenvalue weighted by Crippen LogP contribution is 2.41. The monoisotopic (exact) mass is 404 g/mol. The summed E-state index contributed by atoms with van der Waals surface area (Å²) >= 11 is 7.81. The SMILES string of the molecule is COc1ccc(-c2csc3nc(Cl)nc(N4CCCNCC4)c23)cc1OC. The normalized spacial score (nSPS) is 15.0. The van der Waals surface area contributed by atoms with Crippen LogP contribution in [-0.4, -0.2) is 50.4 Å². The standard InChI is InChI=1S/C19H21ClN4O2S/c1-25-14-5-4-12(10-15(14)26-2)13-11-27-18-16(13)17(22-19(20)23-18)24-8-3-6-21-7-9-24/h4-5,10-11,21H,3,6-9H2,1-2H3. The molecule has 1 aromatic carbocycles. The van der Waals surface area contributed by atoms with E-state index in [1.165, 1.54) is 0 Å². The molecular formula is C19H21ClN4O2S. The van der Waals surface area contributed by atoms with Crippen LogP contribution in [0.3, 0.4) is 0 Å². The Morgan fingerprint density at radius 3 is 2.78 bits per heavy atom. The van der Waals surface area contributed by atoms with Gasteiger partial charge in [0.2, 0.25) is 5.28 Å². The molecule has 0 bridgehead atoms. The van der Waals surface area contributed by atoms with Gasteiger partial charge in [-0.2, -0.15) is 4.98 Å². The number of halogens is 1. The van der Waals surface area contributed by atoms with Gasteiger partial charge in [-0.15, -0.1) is 11.3 Å². The van der Waals surface area contributed by atoms with Crippen LogP contribution in [0, 0.1) is 0 Å². The Balaban J connectivity index is 1.87. The van der Waals surface area contributed by atoms with E-state index in [0.717, 1.165) is 59.8 Å². The number of methoxy groups -OCH3 is 2. The van der Waals surface area contributed by atoms with Gasteiger partial charge in [0.25, 0.3) is 0 Å². The van der Waals surface area contributed by atoms with Crippen LogP contribution < -0.4 is 19.7 Å². The fraction of sp³-hybridized carbons (Fsp3) is 0.368. The molecule has 0 amide bonds. The zero-order valence-electron chi connectivity index (χ0n) is 15.3. The molecule has 2 aromatic heterocycles. The molecule has 0 aliphatic carbocycles. The molecule has 0 atom stereocenters. The number of hydrogen-bond acceptors (Lipinski definition) is 7. The van der Waals surface area contributed by atoms with Crippen LogP contribution in [0.1, 0.15) is 6.42 Å². The van der Waals surface area contributed by atoms with E-state index in [2.05, 4.69) is 25.6 Å². The second kappa shape index (κ2) is 7.88. The van der Waals surface area contributed by atoms with Crippen molar-refractivity contribution < 1.29 is 9.47 Å². The highest BCUT2D eigenvalue weighted by molar-refractivity contribution is 7.17. The van der Waals surface area contributed by atoms with E-state index in [-0.39, 0.29) is 5.28 Å². The number of ether oxygens (including phenoxy) is 2. The zero-order valence-corrected chi connectivity index (χ0v) is 16.9. The van der Waals surface area contributed by atoms with Gasteiger partial charge in [0.1, 0.15) is 10.6 Å². The van der Waals surface area contributed by atoms with Crippen molar-refractivity contribution >= 4 is 39.0 Å². The number of benzene rings is 1. The maximum Gasteiger partial charge on any atom is 0.225 e. The zero-order chi connectivity index (χ0) is 18.8. The van der Waals surface area contributed by atoms with Crippen LogP contribution in [0.25, 0.3) is 21.3 Å². The molecule has 0 unspecified atom stereocenters. The van der Waals surface area contributed by atoms with E-state index in [1.807, 2.05) is 18.2 Å². The van der Waals surface area contributed by atoms with Gasteiger partial charge >= 0.3 is 0 Å². The van der Waals surface area contributed by atoms with Gasteiger partial charge in [-0.1, -0.05) is 6.07 Å². The highest BCUT2D eigenvalue weighted by Gasteiger charge is 2.21. The van der Waals surface area contributed by atoms with E-state index in [0.29, 0.717) is 11.5 Å². The van der Waals surface area contributed by atoms with Crippen LogP contribution >= 0.6 is 22.9 Å². The summed E-state index contributed by atoms with van der Waals surface area (Å²) < 4.78 is 10.8. The van der Waals surface area contributed by atoms with Gasteiger partial charge in [0.05, 0.1) is 19.6 Å². The Morgan fingerprint density at radius 1 is 1.11 bits per heavy atom. The quantitative estimate of drug-likeness (QED) is 0.667. The smallest absolute Gasteiger partial charge is 0.225 e. The van der Waals surface area contributed by atoms with E-state index in [9.17, 15) is 0 Å². The first-order valence-corrected chi connectivity index (χ1v) is 10.1. The molecule has 0 saturated carbocycles. The summed E-state index contributed by atoms with van der Waals surface area (Å²) in [5.41, 5.74) is 2.12. The number of nitrogens with zero attached hydrogens (tertiary/aromatic N) is 3. The van der Waals surface area contributed by atoms with Crippen molar-refractivity contribution in [3.63, 3.8) is 0 Å². The summed E-state index contributed by atoms with van der Waals surface area (Å²) in [6.07, 6.45) is 1.07. The fourth-order valence-corrected chi connectivity index (χ4v) is 4.56. The van der Waals surface area contributed by atoms with Crippen molar-refractivity contribution in [1.82, 2.24) is 15.3 Å². The van der Waals surface area contributed by atoms with Crippen LogP contribution in [0.15, 0.2) is 23.6 Å². The van der Waals surface area contributed by atoms with Gasteiger partial charge in [-0.3, -0.25) is 0 Å². The number of anilines is 1. The van der Waals surface area contributed by atoms with Gasteiger partial charge in [0, 0.05) is 30.6 Å². The lowest BCUT2D eigenvalue weighted by molar-refractivity contribution is 0.355. The third kappa shape index (κ3) is 3.54. The molecule has 3 heterocycles. The van der Waals surface area contributed by atoms with E-state index in [4.69, 9.17) is 21.1 Å². The average Bonchev–Trinajstić information content (AvgIpc) is 2.92. The first kappa shape index (κ1) is 18.3. The van der Waals surface area contributed by atoms with Gasteiger partial charge in [-0.05, 0) is 42.3 Å². The summed E-state index contributed by atoms with van der Waals surface area (Å²) in [6, 6.07) is 5.94. The number of thiophene rings is 1. The number of aromatic nitrogens is 2. The number of rotatable bonds is 4. The van der Waals surface area contributed by atoms with Crippen molar-refractivity contribution in [2.24, 2.45) is 0 Å². The molecule has 0 spiro atoms. The Morgan fingerprint density at radius 2 is 1.96 bits per heavy atom. The van der Waals surface area contributed by atoms with Gasteiger partial charge in [-0.25, -0.2) is 4.98 Å². The first-order valence-electron chi connectivity index (χ1n) is 8.84. The lowest BCUT2D eigenvalue weighted by Gasteiger charge is -2.22. The predicted octanol–water partition coefficient (Wildman–Crippen LogP) is 3.83. The lowest BCUT2D eigenvalue weighted by atomic mass is 10.0. The van der Waals surface area contributed by atoms with Crippen molar-refractivity contribution in [2.75, 3.05) is 45.3 Å². The molecule has 142 valence electrons. The molecule has 4 rings (SSSR count). The summed E-state index contributed by atoms with van der Waals surface area (Å²) in [5.74, 6) is 2.31. The summed E-state index contributed by atoms with van der Waals surface area (Å²) in [5, 5.41) is 6.87. The topological polar surface area (TPSA) is 59.5 Å². The van der Waals surface area contributed by atoms with Gasteiger partial charge < -0.3 is 19.7 Å². The molecule has 1 aliphatic heterocycles. The minimum absolute atomic E-state index is 0.287. The molecule has 0 radical (unpaired) electrons. The third-order valence-electron chi connectivity index (χ3n) is 4.72. The average molecular weight is 405 g/mol. The molecule has 1 fully saturated rings. The van der Waals surface area contributed by atoms with Crippen molar-refractivity contribution in [2.45, 2.75) is 6.42 Å². The highest BCUT2D eigenvalue weighted by atomic mass is 35.5. The molecule has 3 aromatic rings. The minimum Gasteiger partial charge on any atom is -0.493 e. The summed E-state index contributed by atoms with van der Waals surface area (Å²) in [4.78, 5) is 12.3. The Hall–Kier alpha value is -2.09. The van der Waals surface area contributed by atoms with Gasteiger partial charge in [0.15, 0.2) is 11.5 Å². The largest absolute Gasteiger partial charge is 0.493 e. The molecule has 6 nitrogen and oxygen atoms in total. The second-order valence-electron chi connectivity index (χ2n) is 6.31. The molecule has 1 aliphatic rings. The maximum absolute atomic E-state index is 6.23.